The van der Waals surface area contributed by atoms with E-state index < -0.39 is 10.8 Å². The molecule has 1 amide bonds. The molecule has 0 atom stereocenters. The fraction of sp³-hybridized carbons (Fsp3) is 0.188. The number of amides is 1. The van der Waals surface area contributed by atoms with E-state index in [1.807, 2.05) is 0 Å². The molecule has 2 rings (SSSR count). The number of anilines is 1. The summed E-state index contributed by atoms with van der Waals surface area (Å²) >= 11 is 6.01. The zero-order valence-corrected chi connectivity index (χ0v) is 14.0. The standard InChI is InChI=1S/C16H15ClN2O5/c1-18(10-5-7-14(23-2)15(9-10)24-3)16(20)12-6-4-11(19(21)22)8-13(12)17/h4-9H,1-3H3. The van der Waals surface area contributed by atoms with Gasteiger partial charge in [-0.1, -0.05) is 11.6 Å². The molecule has 0 aliphatic rings. The van der Waals surface area contributed by atoms with Gasteiger partial charge in [-0.2, -0.15) is 0 Å². The summed E-state index contributed by atoms with van der Waals surface area (Å²) in [4.78, 5) is 24.1. The minimum atomic E-state index is -0.571. The average molecular weight is 351 g/mol. The number of nitrogens with zero attached hydrogens (tertiary/aromatic N) is 2. The van der Waals surface area contributed by atoms with Gasteiger partial charge in [-0.15, -0.1) is 0 Å². The molecule has 8 heteroatoms. The summed E-state index contributed by atoms with van der Waals surface area (Å²) in [5.74, 6) is 0.613. The van der Waals surface area contributed by atoms with Crippen molar-refractivity contribution in [2.24, 2.45) is 0 Å². The van der Waals surface area contributed by atoms with Crippen LogP contribution < -0.4 is 14.4 Å². The fourth-order valence-electron chi connectivity index (χ4n) is 2.12. The summed E-state index contributed by atoms with van der Waals surface area (Å²) in [6.45, 7) is 0. The van der Waals surface area contributed by atoms with E-state index in [9.17, 15) is 14.9 Å². The van der Waals surface area contributed by atoms with Crippen molar-refractivity contribution >= 4 is 28.9 Å². The number of hydrogen-bond acceptors (Lipinski definition) is 5. The van der Waals surface area contributed by atoms with Crippen LogP contribution in [0.4, 0.5) is 11.4 Å². The molecule has 0 saturated heterocycles. The number of carbonyl (C=O) groups is 1. The number of benzene rings is 2. The number of nitro groups is 1. The Morgan fingerprint density at radius 3 is 2.33 bits per heavy atom. The minimum Gasteiger partial charge on any atom is -0.493 e. The Morgan fingerprint density at radius 1 is 1.12 bits per heavy atom. The number of carbonyl (C=O) groups excluding carboxylic acids is 1. The molecule has 0 aliphatic carbocycles. The van der Waals surface area contributed by atoms with Crippen molar-refractivity contribution in [3.8, 4) is 11.5 Å². The van der Waals surface area contributed by atoms with Crippen LogP contribution in [-0.2, 0) is 0 Å². The van der Waals surface area contributed by atoms with Crippen molar-refractivity contribution in [2.75, 3.05) is 26.2 Å². The molecule has 0 unspecified atom stereocenters. The van der Waals surface area contributed by atoms with E-state index in [2.05, 4.69) is 0 Å². The molecule has 0 spiro atoms. The first-order valence-electron chi connectivity index (χ1n) is 6.83. The van der Waals surface area contributed by atoms with Crippen LogP contribution in [0.3, 0.4) is 0 Å². The summed E-state index contributed by atoms with van der Waals surface area (Å²) in [7, 11) is 4.58. The van der Waals surface area contributed by atoms with Crippen molar-refractivity contribution in [3.63, 3.8) is 0 Å². The van der Waals surface area contributed by atoms with Crippen LogP contribution in [0.25, 0.3) is 0 Å². The Balaban J connectivity index is 2.34. The maximum absolute atomic E-state index is 12.6. The Labute approximate surface area is 143 Å². The third-order valence-electron chi connectivity index (χ3n) is 3.45. The summed E-state index contributed by atoms with van der Waals surface area (Å²) in [5.41, 5.74) is 0.553. The van der Waals surface area contributed by atoms with Gasteiger partial charge in [0.2, 0.25) is 0 Å². The molecule has 0 aromatic heterocycles. The summed E-state index contributed by atoms with van der Waals surface area (Å²) in [6.07, 6.45) is 0. The number of nitro benzene ring substituents is 1. The molecule has 0 saturated carbocycles. The van der Waals surface area contributed by atoms with Gasteiger partial charge in [0, 0.05) is 30.9 Å². The number of non-ortho nitro benzene ring substituents is 1. The van der Waals surface area contributed by atoms with E-state index in [1.54, 1.807) is 25.2 Å². The van der Waals surface area contributed by atoms with E-state index in [-0.39, 0.29) is 16.3 Å². The van der Waals surface area contributed by atoms with Crippen LogP contribution in [0.5, 0.6) is 11.5 Å². The van der Waals surface area contributed by atoms with E-state index in [0.717, 1.165) is 6.07 Å². The second kappa shape index (κ2) is 7.18. The molecule has 0 N–H and O–H groups in total. The number of halogens is 1. The predicted octanol–water partition coefficient (Wildman–Crippen LogP) is 3.54. The Hall–Kier alpha value is -2.80. The van der Waals surface area contributed by atoms with Gasteiger partial charge >= 0.3 is 0 Å². The minimum absolute atomic E-state index is 0.0153. The van der Waals surface area contributed by atoms with Gasteiger partial charge < -0.3 is 14.4 Å². The molecule has 0 bridgehead atoms. The van der Waals surface area contributed by atoms with Gasteiger partial charge in [0.25, 0.3) is 11.6 Å². The van der Waals surface area contributed by atoms with E-state index >= 15 is 0 Å². The molecule has 0 fully saturated rings. The van der Waals surface area contributed by atoms with Gasteiger partial charge in [-0.05, 0) is 18.2 Å². The third-order valence-corrected chi connectivity index (χ3v) is 3.77. The molecule has 24 heavy (non-hydrogen) atoms. The van der Waals surface area contributed by atoms with Crippen molar-refractivity contribution in [1.29, 1.82) is 0 Å². The smallest absolute Gasteiger partial charge is 0.270 e. The number of ether oxygens (including phenoxy) is 2. The van der Waals surface area contributed by atoms with Crippen molar-refractivity contribution in [1.82, 2.24) is 0 Å². The van der Waals surface area contributed by atoms with Crippen LogP contribution >= 0.6 is 11.6 Å². The molecule has 0 heterocycles. The Morgan fingerprint density at radius 2 is 1.79 bits per heavy atom. The lowest BCUT2D eigenvalue weighted by molar-refractivity contribution is -0.384. The maximum atomic E-state index is 12.6. The highest BCUT2D eigenvalue weighted by molar-refractivity contribution is 6.34. The van der Waals surface area contributed by atoms with Crippen molar-refractivity contribution < 1.29 is 19.2 Å². The molecular formula is C16H15ClN2O5. The lowest BCUT2D eigenvalue weighted by atomic mass is 10.1. The highest BCUT2D eigenvalue weighted by Crippen LogP contribution is 2.32. The number of methoxy groups -OCH3 is 2. The summed E-state index contributed by atoms with van der Waals surface area (Å²) in [5, 5.41) is 10.8. The summed E-state index contributed by atoms with van der Waals surface area (Å²) in [6, 6.07) is 8.74. The maximum Gasteiger partial charge on any atom is 0.270 e. The third kappa shape index (κ3) is 3.41. The van der Waals surface area contributed by atoms with Gasteiger partial charge in [-0.3, -0.25) is 14.9 Å². The SMILES string of the molecule is COc1ccc(N(C)C(=O)c2ccc([N+](=O)[O-])cc2Cl)cc1OC. The molecule has 2 aromatic carbocycles. The average Bonchev–Trinajstić information content (AvgIpc) is 2.59. The topological polar surface area (TPSA) is 81.9 Å². The van der Waals surface area contributed by atoms with Crippen LogP contribution in [0.2, 0.25) is 5.02 Å². The zero-order valence-electron chi connectivity index (χ0n) is 13.3. The van der Waals surface area contributed by atoms with Gasteiger partial charge in [0.05, 0.1) is 29.7 Å². The molecule has 2 aromatic rings. The van der Waals surface area contributed by atoms with Gasteiger partial charge in [0.1, 0.15) is 0 Å². The number of rotatable bonds is 5. The van der Waals surface area contributed by atoms with Crippen molar-refractivity contribution in [3.05, 3.63) is 57.1 Å². The quantitative estimate of drug-likeness (QED) is 0.608. The van der Waals surface area contributed by atoms with E-state index in [1.165, 1.54) is 31.3 Å². The first-order chi connectivity index (χ1) is 11.4. The predicted molar refractivity (Wildman–Crippen MR) is 90.4 cm³/mol. The first-order valence-corrected chi connectivity index (χ1v) is 7.21. The lowest BCUT2D eigenvalue weighted by Crippen LogP contribution is -2.26. The highest BCUT2D eigenvalue weighted by Gasteiger charge is 2.20. The first kappa shape index (κ1) is 17.6. The van der Waals surface area contributed by atoms with Gasteiger partial charge in [0.15, 0.2) is 11.5 Å². The monoisotopic (exact) mass is 350 g/mol. The number of hydrogen-bond donors (Lipinski definition) is 0. The van der Waals surface area contributed by atoms with Crippen molar-refractivity contribution in [2.45, 2.75) is 0 Å². The molecular weight excluding hydrogens is 336 g/mol. The van der Waals surface area contributed by atoms with Crippen LogP contribution in [0, 0.1) is 10.1 Å². The van der Waals surface area contributed by atoms with Crippen LogP contribution in [0.15, 0.2) is 36.4 Å². The largest absolute Gasteiger partial charge is 0.493 e. The zero-order chi connectivity index (χ0) is 17.9. The Kier molecular flexibility index (Phi) is 5.25. The molecule has 0 radical (unpaired) electrons. The lowest BCUT2D eigenvalue weighted by Gasteiger charge is -2.19. The molecule has 7 nitrogen and oxygen atoms in total. The molecule has 126 valence electrons. The second-order valence-corrected chi connectivity index (χ2v) is 5.23. The van der Waals surface area contributed by atoms with E-state index in [0.29, 0.717) is 17.2 Å². The van der Waals surface area contributed by atoms with Crippen LogP contribution in [-0.4, -0.2) is 32.1 Å². The fourth-order valence-corrected chi connectivity index (χ4v) is 2.38. The van der Waals surface area contributed by atoms with Gasteiger partial charge in [-0.25, -0.2) is 0 Å². The van der Waals surface area contributed by atoms with Crippen LogP contribution in [0.1, 0.15) is 10.4 Å². The summed E-state index contributed by atoms with van der Waals surface area (Å²) < 4.78 is 10.4. The second-order valence-electron chi connectivity index (χ2n) is 4.82. The van der Waals surface area contributed by atoms with E-state index in [4.69, 9.17) is 21.1 Å². The molecule has 0 aliphatic heterocycles. The Bertz CT molecular complexity index is 794. The normalized spacial score (nSPS) is 10.2. The highest BCUT2D eigenvalue weighted by atomic mass is 35.5.